The molecule has 0 spiro atoms. The summed E-state index contributed by atoms with van der Waals surface area (Å²) < 4.78 is 5.39. The molecule has 15 heavy (non-hydrogen) atoms. The van der Waals surface area contributed by atoms with Crippen LogP contribution in [0.2, 0.25) is 5.15 Å². The predicted molar refractivity (Wildman–Crippen MR) is 59.1 cm³/mol. The second-order valence-corrected chi connectivity index (χ2v) is 4.07. The largest absolute Gasteiger partial charge is 0.379 e. The lowest BCUT2D eigenvalue weighted by atomic mass is 10.2. The average Bonchev–Trinajstić information content (AvgIpc) is 2.65. The van der Waals surface area contributed by atoms with Gasteiger partial charge in [0, 0.05) is 13.2 Å². The molecular weight excluding hydrogens is 214 g/mol. The van der Waals surface area contributed by atoms with Crippen LogP contribution in [0.15, 0.2) is 12.4 Å². The van der Waals surface area contributed by atoms with E-state index in [4.69, 9.17) is 16.3 Å². The molecule has 2 atom stereocenters. The van der Waals surface area contributed by atoms with E-state index in [1.165, 1.54) is 12.7 Å². The molecule has 4 nitrogen and oxygen atoms in total. The number of hydrogen-bond acceptors (Lipinski definition) is 4. The minimum Gasteiger partial charge on any atom is -0.379 e. The number of rotatable bonds is 3. The van der Waals surface area contributed by atoms with E-state index < -0.39 is 0 Å². The second kappa shape index (κ2) is 4.77. The molecule has 0 bridgehead atoms. The molecular formula is C10H14ClN3O. The minimum absolute atomic E-state index is 0.277. The van der Waals surface area contributed by atoms with Crippen LogP contribution in [-0.2, 0) is 4.74 Å². The van der Waals surface area contributed by atoms with Crippen molar-refractivity contribution in [1.82, 2.24) is 9.97 Å². The Kier molecular flexibility index (Phi) is 3.38. The highest BCUT2D eigenvalue weighted by molar-refractivity contribution is 6.29. The van der Waals surface area contributed by atoms with Crippen molar-refractivity contribution in [2.75, 3.05) is 12.4 Å². The Labute approximate surface area is 94.0 Å². The van der Waals surface area contributed by atoms with Crippen LogP contribution in [-0.4, -0.2) is 29.2 Å². The maximum absolute atomic E-state index is 5.78. The summed E-state index contributed by atoms with van der Waals surface area (Å²) in [6.45, 7) is 0. The van der Waals surface area contributed by atoms with Crippen molar-refractivity contribution in [3.63, 3.8) is 0 Å². The van der Waals surface area contributed by atoms with E-state index in [2.05, 4.69) is 15.3 Å². The Morgan fingerprint density at radius 3 is 3.07 bits per heavy atom. The van der Waals surface area contributed by atoms with Gasteiger partial charge in [0.05, 0.1) is 12.1 Å². The maximum Gasteiger partial charge on any atom is 0.134 e. The zero-order chi connectivity index (χ0) is 10.7. The van der Waals surface area contributed by atoms with Crippen molar-refractivity contribution in [3.8, 4) is 0 Å². The van der Waals surface area contributed by atoms with Crippen LogP contribution in [0.4, 0.5) is 5.82 Å². The molecule has 1 aliphatic rings. The fourth-order valence-electron chi connectivity index (χ4n) is 1.98. The van der Waals surface area contributed by atoms with Gasteiger partial charge in [-0.1, -0.05) is 11.6 Å². The van der Waals surface area contributed by atoms with Crippen molar-refractivity contribution < 1.29 is 4.74 Å². The van der Waals surface area contributed by atoms with Gasteiger partial charge < -0.3 is 10.1 Å². The van der Waals surface area contributed by atoms with Crippen LogP contribution in [0.3, 0.4) is 0 Å². The van der Waals surface area contributed by atoms with Gasteiger partial charge in [-0.2, -0.15) is 0 Å². The molecule has 2 rings (SSSR count). The van der Waals surface area contributed by atoms with Crippen molar-refractivity contribution in [3.05, 3.63) is 17.5 Å². The molecule has 0 aromatic carbocycles. The van der Waals surface area contributed by atoms with E-state index in [-0.39, 0.29) is 6.10 Å². The number of anilines is 1. The molecule has 5 heteroatoms. The van der Waals surface area contributed by atoms with Crippen molar-refractivity contribution in [2.24, 2.45) is 0 Å². The van der Waals surface area contributed by atoms with E-state index in [9.17, 15) is 0 Å². The van der Waals surface area contributed by atoms with Crippen LogP contribution >= 0.6 is 11.6 Å². The van der Waals surface area contributed by atoms with Gasteiger partial charge >= 0.3 is 0 Å². The van der Waals surface area contributed by atoms with Gasteiger partial charge in [0.25, 0.3) is 0 Å². The Balaban J connectivity index is 2.02. The van der Waals surface area contributed by atoms with E-state index in [0.717, 1.165) is 18.7 Å². The topological polar surface area (TPSA) is 47.0 Å². The van der Waals surface area contributed by atoms with E-state index in [1.54, 1.807) is 13.2 Å². The summed E-state index contributed by atoms with van der Waals surface area (Å²) in [6.07, 6.45) is 5.14. The number of nitrogens with zero attached hydrogens (tertiary/aromatic N) is 2. The Hall–Kier alpha value is -0.870. The van der Waals surface area contributed by atoms with Crippen molar-refractivity contribution in [2.45, 2.75) is 31.4 Å². The lowest BCUT2D eigenvalue weighted by Gasteiger charge is -2.19. The molecule has 0 radical (unpaired) electrons. The molecule has 1 N–H and O–H groups in total. The van der Waals surface area contributed by atoms with E-state index in [1.807, 2.05) is 0 Å². The normalized spacial score (nSPS) is 25.5. The highest BCUT2D eigenvalue weighted by Gasteiger charge is 2.27. The van der Waals surface area contributed by atoms with E-state index in [0.29, 0.717) is 11.2 Å². The fourth-order valence-corrected chi connectivity index (χ4v) is 2.12. The SMILES string of the molecule is COC1CCCC1Nc1cc(Cl)ncn1. The zero-order valence-corrected chi connectivity index (χ0v) is 9.37. The van der Waals surface area contributed by atoms with Gasteiger partial charge in [0.15, 0.2) is 0 Å². The first-order valence-corrected chi connectivity index (χ1v) is 5.44. The Morgan fingerprint density at radius 2 is 2.33 bits per heavy atom. The summed E-state index contributed by atoms with van der Waals surface area (Å²) in [4.78, 5) is 7.95. The minimum atomic E-state index is 0.277. The molecule has 1 aliphatic carbocycles. The average molecular weight is 228 g/mol. The van der Waals surface area contributed by atoms with Crippen LogP contribution in [0.1, 0.15) is 19.3 Å². The standard InChI is InChI=1S/C10H14ClN3O/c1-15-8-4-2-3-7(8)14-10-5-9(11)12-6-13-10/h5-8H,2-4H2,1H3,(H,12,13,14). The fraction of sp³-hybridized carbons (Fsp3) is 0.600. The number of nitrogens with one attached hydrogen (secondary N) is 1. The zero-order valence-electron chi connectivity index (χ0n) is 8.61. The highest BCUT2D eigenvalue weighted by Crippen LogP contribution is 2.24. The lowest BCUT2D eigenvalue weighted by Crippen LogP contribution is -2.30. The van der Waals surface area contributed by atoms with E-state index >= 15 is 0 Å². The van der Waals surface area contributed by atoms with Crippen molar-refractivity contribution in [1.29, 1.82) is 0 Å². The smallest absolute Gasteiger partial charge is 0.134 e. The van der Waals surface area contributed by atoms with Gasteiger partial charge in [-0.05, 0) is 19.3 Å². The quantitative estimate of drug-likeness (QED) is 0.804. The summed E-state index contributed by atoms with van der Waals surface area (Å²) in [6, 6.07) is 2.06. The number of ether oxygens (including phenoxy) is 1. The van der Waals surface area contributed by atoms with Gasteiger partial charge in [-0.3, -0.25) is 0 Å². The third-order valence-electron chi connectivity index (χ3n) is 2.72. The molecule has 1 saturated carbocycles. The second-order valence-electron chi connectivity index (χ2n) is 3.68. The van der Waals surface area contributed by atoms with Crippen LogP contribution in [0, 0.1) is 0 Å². The molecule has 1 fully saturated rings. The molecule has 0 saturated heterocycles. The maximum atomic E-state index is 5.78. The van der Waals surface area contributed by atoms with Gasteiger partial charge in [-0.15, -0.1) is 0 Å². The molecule has 1 aromatic rings. The van der Waals surface area contributed by atoms with Gasteiger partial charge in [-0.25, -0.2) is 9.97 Å². The molecule has 82 valence electrons. The molecule has 2 unspecified atom stereocenters. The summed E-state index contributed by atoms with van der Waals surface area (Å²) >= 11 is 5.78. The number of methoxy groups -OCH3 is 1. The third-order valence-corrected chi connectivity index (χ3v) is 2.93. The summed E-state index contributed by atoms with van der Waals surface area (Å²) in [5.41, 5.74) is 0. The molecule has 0 aliphatic heterocycles. The summed E-state index contributed by atoms with van der Waals surface area (Å²) in [7, 11) is 1.75. The molecule has 0 amide bonds. The first kappa shape index (κ1) is 10.6. The number of hydrogen-bond donors (Lipinski definition) is 1. The van der Waals surface area contributed by atoms with Gasteiger partial charge in [0.1, 0.15) is 17.3 Å². The monoisotopic (exact) mass is 227 g/mol. The van der Waals surface area contributed by atoms with Crippen LogP contribution in [0.5, 0.6) is 0 Å². The molecule has 1 heterocycles. The van der Waals surface area contributed by atoms with Crippen molar-refractivity contribution >= 4 is 17.4 Å². The third kappa shape index (κ3) is 2.58. The first-order chi connectivity index (χ1) is 7.29. The Morgan fingerprint density at radius 1 is 1.47 bits per heavy atom. The summed E-state index contributed by atoms with van der Waals surface area (Å²) in [5.74, 6) is 0.768. The Bertz CT molecular complexity index is 334. The highest BCUT2D eigenvalue weighted by atomic mass is 35.5. The summed E-state index contributed by atoms with van der Waals surface area (Å²) in [5, 5.41) is 3.78. The van der Waals surface area contributed by atoms with Crippen LogP contribution in [0.25, 0.3) is 0 Å². The number of aromatic nitrogens is 2. The first-order valence-electron chi connectivity index (χ1n) is 5.06. The molecule has 1 aromatic heterocycles. The number of halogens is 1. The predicted octanol–water partition coefficient (Wildman–Crippen LogP) is 2.11. The van der Waals surface area contributed by atoms with Gasteiger partial charge in [0.2, 0.25) is 0 Å². The van der Waals surface area contributed by atoms with Crippen LogP contribution < -0.4 is 5.32 Å². The lowest BCUT2D eigenvalue weighted by molar-refractivity contribution is 0.101.